The van der Waals surface area contributed by atoms with Crippen molar-refractivity contribution in [2.75, 3.05) is 25.0 Å². The van der Waals surface area contributed by atoms with Crippen LogP contribution in [0.3, 0.4) is 0 Å². The topological polar surface area (TPSA) is 75.4 Å². The number of nitrogens with zero attached hydrogens (tertiary/aromatic N) is 1. The van der Waals surface area contributed by atoms with Gasteiger partial charge in [-0.05, 0) is 41.5 Å². The quantitative estimate of drug-likeness (QED) is 0.822. The molecule has 5 nitrogen and oxygen atoms in total. The van der Waals surface area contributed by atoms with Gasteiger partial charge in [-0.3, -0.25) is 9.59 Å². The van der Waals surface area contributed by atoms with Crippen LogP contribution in [0.1, 0.15) is 46.1 Å². The molecule has 0 saturated carbocycles. The number of amides is 2. The minimum atomic E-state index is -0.0375. The highest BCUT2D eigenvalue weighted by molar-refractivity contribution is 5.91. The number of anilines is 1. The Morgan fingerprint density at radius 2 is 1.85 bits per heavy atom. The van der Waals surface area contributed by atoms with Crippen molar-refractivity contribution in [1.29, 1.82) is 0 Å². The molecule has 3 N–H and O–H groups in total. The number of hydrogen-bond donors (Lipinski definition) is 2. The number of hydrogen-bond acceptors (Lipinski definition) is 3. The van der Waals surface area contributed by atoms with Gasteiger partial charge in [0.05, 0.1) is 6.42 Å². The molecule has 1 heterocycles. The van der Waals surface area contributed by atoms with E-state index in [9.17, 15) is 9.59 Å². The predicted octanol–water partition coefficient (Wildman–Crippen LogP) is 3.22. The van der Waals surface area contributed by atoms with Crippen LogP contribution in [0.15, 0.2) is 24.3 Å². The van der Waals surface area contributed by atoms with Crippen LogP contribution in [-0.4, -0.2) is 36.3 Å². The van der Waals surface area contributed by atoms with Crippen LogP contribution in [0, 0.1) is 10.8 Å². The largest absolute Gasteiger partial charge is 0.342 e. The molecule has 1 aliphatic rings. The third-order valence-electron chi connectivity index (χ3n) is 4.69. The highest BCUT2D eigenvalue weighted by Crippen LogP contribution is 2.29. The zero-order valence-corrected chi connectivity index (χ0v) is 17.1. The van der Waals surface area contributed by atoms with Crippen LogP contribution in [0.2, 0.25) is 0 Å². The first-order valence-corrected chi connectivity index (χ1v) is 8.97. The minimum absolute atomic E-state index is 0. The van der Waals surface area contributed by atoms with E-state index >= 15 is 0 Å². The lowest BCUT2D eigenvalue weighted by Gasteiger charge is -2.22. The lowest BCUT2D eigenvalue weighted by atomic mass is 9.90. The highest BCUT2D eigenvalue weighted by Gasteiger charge is 2.34. The molecule has 0 aliphatic carbocycles. The first-order valence-electron chi connectivity index (χ1n) is 8.97. The maximum atomic E-state index is 12.5. The summed E-state index contributed by atoms with van der Waals surface area (Å²) in [6, 6.07) is 7.53. The zero-order valence-electron chi connectivity index (χ0n) is 16.3. The number of benzene rings is 1. The van der Waals surface area contributed by atoms with Crippen molar-refractivity contribution >= 4 is 29.9 Å². The van der Waals surface area contributed by atoms with Crippen LogP contribution < -0.4 is 11.1 Å². The minimum Gasteiger partial charge on any atom is -0.342 e. The summed E-state index contributed by atoms with van der Waals surface area (Å²) in [5, 5.41) is 2.90. The van der Waals surface area contributed by atoms with Crippen LogP contribution in [0.25, 0.3) is 0 Å². The van der Waals surface area contributed by atoms with E-state index in [0.29, 0.717) is 19.4 Å². The van der Waals surface area contributed by atoms with Gasteiger partial charge in [-0.1, -0.05) is 39.8 Å². The van der Waals surface area contributed by atoms with E-state index < -0.39 is 0 Å². The Morgan fingerprint density at radius 3 is 2.35 bits per heavy atom. The lowest BCUT2D eigenvalue weighted by molar-refractivity contribution is -0.129. The average molecular weight is 382 g/mol. The number of rotatable bonds is 5. The second-order valence-corrected chi connectivity index (χ2v) is 8.74. The second kappa shape index (κ2) is 8.87. The summed E-state index contributed by atoms with van der Waals surface area (Å²) in [5.74, 6) is 0.149. The van der Waals surface area contributed by atoms with Crippen LogP contribution in [0.5, 0.6) is 0 Å². The van der Waals surface area contributed by atoms with Gasteiger partial charge in [0.1, 0.15) is 0 Å². The fourth-order valence-electron chi connectivity index (χ4n) is 3.08. The molecule has 0 aromatic heterocycles. The Labute approximate surface area is 163 Å². The molecule has 1 aliphatic heterocycles. The standard InChI is InChI=1S/C20H31N3O2.ClH/c1-19(2,3)12-17(24)22-16-7-5-15(6-8-16)11-18(25)23-10-9-20(4,13-21)14-23;/h5-8H,9-14,21H2,1-4H3,(H,22,24);1H. The number of nitrogens with two attached hydrogens (primary N) is 1. The van der Waals surface area contributed by atoms with E-state index in [1.54, 1.807) is 0 Å². The Kier molecular flexibility index (Phi) is 7.66. The molecule has 0 bridgehead atoms. The second-order valence-electron chi connectivity index (χ2n) is 8.74. The fourth-order valence-corrected chi connectivity index (χ4v) is 3.08. The van der Waals surface area contributed by atoms with Crippen molar-refractivity contribution in [3.05, 3.63) is 29.8 Å². The fraction of sp³-hybridized carbons (Fsp3) is 0.600. The normalized spacial score (nSPS) is 19.8. The third-order valence-corrected chi connectivity index (χ3v) is 4.69. The smallest absolute Gasteiger partial charge is 0.227 e. The van der Waals surface area contributed by atoms with Crippen molar-refractivity contribution in [2.45, 2.75) is 47.0 Å². The molecule has 1 fully saturated rings. The maximum Gasteiger partial charge on any atom is 0.227 e. The molecule has 0 radical (unpaired) electrons. The van der Waals surface area contributed by atoms with Gasteiger partial charge in [-0.25, -0.2) is 0 Å². The van der Waals surface area contributed by atoms with E-state index in [-0.39, 0.29) is 35.1 Å². The van der Waals surface area contributed by atoms with Gasteiger partial charge in [0.25, 0.3) is 0 Å². The molecule has 1 unspecified atom stereocenters. The van der Waals surface area contributed by atoms with Crippen molar-refractivity contribution < 1.29 is 9.59 Å². The van der Waals surface area contributed by atoms with Crippen LogP contribution in [-0.2, 0) is 16.0 Å². The average Bonchev–Trinajstić information content (AvgIpc) is 2.91. The van der Waals surface area contributed by atoms with E-state index in [2.05, 4.69) is 12.2 Å². The number of carbonyl (C=O) groups is 2. The molecule has 6 heteroatoms. The maximum absolute atomic E-state index is 12.5. The summed E-state index contributed by atoms with van der Waals surface area (Å²) in [4.78, 5) is 26.3. The van der Waals surface area contributed by atoms with Gasteiger partial charge in [-0.15, -0.1) is 12.4 Å². The molecule has 1 atom stereocenters. The van der Waals surface area contributed by atoms with E-state index in [0.717, 1.165) is 30.8 Å². The molecular formula is C20H32ClN3O2. The first kappa shape index (κ1) is 22.5. The van der Waals surface area contributed by atoms with Crippen molar-refractivity contribution in [3.8, 4) is 0 Å². The summed E-state index contributed by atoms with van der Waals surface area (Å²) in [5.41, 5.74) is 7.54. The van der Waals surface area contributed by atoms with Gasteiger partial charge < -0.3 is 16.0 Å². The van der Waals surface area contributed by atoms with E-state index in [1.165, 1.54) is 0 Å². The molecule has 26 heavy (non-hydrogen) atoms. The number of carbonyl (C=O) groups excluding carboxylic acids is 2. The summed E-state index contributed by atoms with van der Waals surface area (Å²) >= 11 is 0. The lowest BCUT2D eigenvalue weighted by Crippen LogP contribution is -2.35. The van der Waals surface area contributed by atoms with Crippen molar-refractivity contribution in [2.24, 2.45) is 16.6 Å². The predicted molar refractivity (Wildman–Crippen MR) is 108 cm³/mol. The number of likely N-dealkylation sites (tertiary alicyclic amines) is 1. The van der Waals surface area contributed by atoms with Gasteiger partial charge in [-0.2, -0.15) is 0 Å². The van der Waals surface area contributed by atoms with Crippen molar-refractivity contribution in [3.63, 3.8) is 0 Å². The van der Waals surface area contributed by atoms with E-state index in [1.807, 2.05) is 49.9 Å². The highest BCUT2D eigenvalue weighted by atomic mass is 35.5. The van der Waals surface area contributed by atoms with Crippen LogP contribution >= 0.6 is 12.4 Å². The Balaban J connectivity index is 0.00000338. The first-order chi connectivity index (χ1) is 11.6. The van der Waals surface area contributed by atoms with Crippen molar-refractivity contribution in [1.82, 2.24) is 4.90 Å². The summed E-state index contributed by atoms with van der Waals surface area (Å²) in [6.45, 7) is 10.4. The van der Waals surface area contributed by atoms with Gasteiger partial charge >= 0.3 is 0 Å². The van der Waals surface area contributed by atoms with Gasteiger partial charge in [0, 0.05) is 25.2 Å². The zero-order chi connectivity index (χ0) is 18.7. The molecule has 1 aromatic rings. The van der Waals surface area contributed by atoms with Crippen LogP contribution in [0.4, 0.5) is 5.69 Å². The number of nitrogens with one attached hydrogen (secondary N) is 1. The Morgan fingerprint density at radius 1 is 1.23 bits per heavy atom. The summed E-state index contributed by atoms with van der Waals surface area (Å²) in [6.07, 6.45) is 1.83. The Hall–Kier alpha value is -1.59. The molecular weight excluding hydrogens is 350 g/mol. The van der Waals surface area contributed by atoms with Gasteiger partial charge in [0.2, 0.25) is 11.8 Å². The molecule has 0 spiro atoms. The van der Waals surface area contributed by atoms with E-state index in [4.69, 9.17) is 5.73 Å². The summed E-state index contributed by atoms with van der Waals surface area (Å²) in [7, 11) is 0. The third kappa shape index (κ3) is 6.61. The Bertz CT molecular complexity index is 625. The molecule has 1 aromatic carbocycles. The molecule has 2 rings (SSSR count). The monoisotopic (exact) mass is 381 g/mol. The molecule has 146 valence electrons. The SMILES string of the molecule is CC(C)(C)CC(=O)Nc1ccc(CC(=O)N2CCC(C)(CN)C2)cc1.Cl. The molecule has 1 saturated heterocycles. The summed E-state index contributed by atoms with van der Waals surface area (Å²) < 4.78 is 0. The molecule has 2 amide bonds. The number of halogens is 1. The van der Waals surface area contributed by atoms with Gasteiger partial charge in [0.15, 0.2) is 0 Å².